The second-order valence-corrected chi connectivity index (χ2v) is 5.98. The van der Waals surface area contributed by atoms with Gasteiger partial charge in [-0.1, -0.05) is 60.1 Å². The Morgan fingerprint density at radius 1 is 1.07 bits per heavy atom. The van der Waals surface area contributed by atoms with Crippen LogP contribution in [0.15, 0.2) is 79.5 Å². The van der Waals surface area contributed by atoms with Crippen LogP contribution in [0.3, 0.4) is 0 Å². The molecule has 0 aliphatic rings. The van der Waals surface area contributed by atoms with Crippen molar-refractivity contribution in [2.45, 2.75) is 0 Å². The summed E-state index contributed by atoms with van der Waals surface area (Å²) < 4.78 is 0. The molecule has 27 heavy (non-hydrogen) atoms. The van der Waals surface area contributed by atoms with Crippen molar-refractivity contribution in [1.82, 2.24) is 4.98 Å². The topological polar surface area (TPSA) is 65.8 Å². The quantitative estimate of drug-likeness (QED) is 0.436. The molecule has 0 bridgehead atoms. The van der Waals surface area contributed by atoms with Crippen LogP contribution in [0.25, 0.3) is 11.1 Å². The maximum atomic E-state index is 12.4. The van der Waals surface area contributed by atoms with E-state index in [0.717, 1.165) is 11.1 Å². The number of anilines is 1. The SMILES string of the molecule is C=CC#N.O=C(Nc1ccccc1-c1ccc(Cl)cc1)c1cccnc1Cl. The van der Waals surface area contributed by atoms with Gasteiger partial charge in [-0.05, 0) is 35.9 Å². The zero-order chi connectivity index (χ0) is 19.6. The Kier molecular flexibility index (Phi) is 7.57. The largest absolute Gasteiger partial charge is 0.321 e. The summed E-state index contributed by atoms with van der Waals surface area (Å²) in [6.07, 6.45) is 2.72. The van der Waals surface area contributed by atoms with Crippen molar-refractivity contribution in [1.29, 1.82) is 5.26 Å². The third-order valence-electron chi connectivity index (χ3n) is 3.43. The van der Waals surface area contributed by atoms with Gasteiger partial charge in [0, 0.05) is 28.5 Å². The molecule has 3 rings (SSSR count). The number of nitrogens with zero attached hydrogens (tertiary/aromatic N) is 2. The van der Waals surface area contributed by atoms with Crippen molar-refractivity contribution in [3.8, 4) is 17.2 Å². The van der Waals surface area contributed by atoms with Gasteiger partial charge in [0.25, 0.3) is 5.91 Å². The Bertz CT molecular complexity index is 979. The highest BCUT2D eigenvalue weighted by Gasteiger charge is 2.13. The summed E-state index contributed by atoms with van der Waals surface area (Å²) in [5.41, 5.74) is 2.89. The van der Waals surface area contributed by atoms with E-state index < -0.39 is 0 Å². The number of carbonyl (C=O) groups excluding carboxylic acids is 1. The van der Waals surface area contributed by atoms with Gasteiger partial charge in [0.2, 0.25) is 0 Å². The van der Waals surface area contributed by atoms with Gasteiger partial charge in [0.05, 0.1) is 11.6 Å². The molecule has 1 heterocycles. The number of benzene rings is 2. The van der Waals surface area contributed by atoms with Crippen molar-refractivity contribution < 1.29 is 4.79 Å². The van der Waals surface area contributed by atoms with E-state index in [1.165, 1.54) is 6.08 Å². The van der Waals surface area contributed by atoms with E-state index in [4.69, 9.17) is 28.5 Å². The van der Waals surface area contributed by atoms with Gasteiger partial charge in [-0.2, -0.15) is 5.26 Å². The minimum atomic E-state index is -0.301. The molecule has 1 aromatic heterocycles. The fraction of sp³-hybridized carbons (Fsp3) is 0. The molecular weight excluding hydrogens is 381 g/mol. The van der Waals surface area contributed by atoms with Gasteiger partial charge in [0.15, 0.2) is 0 Å². The van der Waals surface area contributed by atoms with Crippen LogP contribution in [0, 0.1) is 11.3 Å². The van der Waals surface area contributed by atoms with Crippen molar-refractivity contribution in [3.63, 3.8) is 0 Å². The molecule has 0 radical (unpaired) electrons. The van der Waals surface area contributed by atoms with Crippen LogP contribution in [0.5, 0.6) is 0 Å². The number of para-hydroxylation sites is 1. The van der Waals surface area contributed by atoms with Crippen molar-refractivity contribution >= 4 is 34.8 Å². The van der Waals surface area contributed by atoms with E-state index in [2.05, 4.69) is 16.9 Å². The molecule has 0 fully saturated rings. The van der Waals surface area contributed by atoms with Crippen LogP contribution < -0.4 is 5.32 Å². The molecule has 6 heteroatoms. The number of rotatable bonds is 3. The number of nitrogens with one attached hydrogen (secondary N) is 1. The molecule has 1 N–H and O–H groups in total. The normalized spacial score (nSPS) is 9.37. The monoisotopic (exact) mass is 395 g/mol. The summed E-state index contributed by atoms with van der Waals surface area (Å²) in [6.45, 7) is 3.12. The number of halogens is 2. The van der Waals surface area contributed by atoms with Crippen molar-refractivity contribution in [2.24, 2.45) is 0 Å². The molecule has 0 unspecified atom stereocenters. The first kappa shape index (κ1) is 20.2. The minimum absolute atomic E-state index is 0.175. The maximum absolute atomic E-state index is 12.4. The maximum Gasteiger partial charge on any atom is 0.258 e. The lowest BCUT2D eigenvalue weighted by molar-refractivity contribution is 0.102. The predicted octanol–water partition coefficient (Wildman–Crippen LogP) is 6.00. The highest BCUT2D eigenvalue weighted by atomic mass is 35.5. The lowest BCUT2D eigenvalue weighted by Gasteiger charge is -2.12. The van der Waals surface area contributed by atoms with Crippen molar-refractivity contribution in [2.75, 3.05) is 5.32 Å². The Morgan fingerprint density at radius 2 is 1.74 bits per heavy atom. The molecule has 0 saturated carbocycles. The summed E-state index contributed by atoms with van der Waals surface area (Å²) in [6, 6.07) is 20.0. The third-order valence-corrected chi connectivity index (χ3v) is 3.98. The molecule has 0 spiro atoms. The second-order valence-electron chi connectivity index (χ2n) is 5.18. The second kappa shape index (κ2) is 10.1. The summed E-state index contributed by atoms with van der Waals surface area (Å²) in [4.78, 5) is 16.3. The Labute approximate surface area is 167 Å². The van der Waals surface area contributed by atoms with Gasteiger partial charge < -0.3 is 5.32 Å². The fourth-order valence-corrected chi connectivity index (χ4v) is 2.55. The van der Waals surface area contributed by atoms with E-state index >= 15 is 0 Å². The molecule has 0 aliphatic heterocycles. The molecule has 2 aromatic carbocycles. The van der Waals surface area contributed by atoms with Gasteiger partial charge in [-0.3, -0.25) is 4.79 Å². The zero-order valence-electron chi connectivity index (χ0n) is 14.2. The number of amides is 1. The smallest absolute Gasteiger partial charge is 0.258 e. The molecule has 134 valence electrons. The van der Waals surface area contributed by atoms with E-state index in [1.54, 1.807) is 24.4 Å². The van der Waals surface area contributed by atoms with Crippen LogP contribution >= 0.6 is 23.2 Å². The standard InChI is InChI=1S/C18H12Cl2N2O.C3H3N/c19-13-9-7-12(8-10-13)14-4-1-2-6-16(14)22-18(23)15-5-3-11-21-17(15)20;1-2-3-4/h1-11H,(H,22,23);2H,1H2. The molecule has 4 nitrogen and oxygen atoms in total. The van der Waals surface area contributed by atoms with Crippen LogP contribution in [0.1, 0.15) is 10.4 Å². The van der Waals surface area contributed by atoms with Gasteiger partial charge >= 0.3 is 0 Å². The molecule has 0 saturated heterocycles. The average Bonchev–Trinajstić information content (AvgIpc) is 2.69. The Balaban J connectivity index is 0.000000596. The summed E-state index contributed by atoms with van der Waals surface area (Å²) in [7, 11) is 0. The first-order valence-corrected chi connectivity index (χ1v) is 8.59. The molecule has 1 amide bonds. The van der Waals surface area contributed by atoms with Gasteiger partial charge in [-0.15, -0.1) is 0 Å². The summed E-state index contributed by atoms with van der Waals surface area (Å²) in [5, 5.41) is 11.2. The lowest BCUT2D eigenvalue weighted by Crippen LogP contribution is -2.13. The number of nitriles is 1. The first-order chi connectivity index (χ1) is 13.1. The Hall–Kier alpha value is -3.13. The fourth-order valence-electron chi connectivity index (χ4n) is 2.22. The van der Waals surface area contributed by atoms with Crippen LogP contribution in [-0.4, -0.2) is 10.9 Å². The van der Waals surface area contributed by atoms with Crippen LogP contribution in [-0.2, 0) is 0 Å². The predicted molar refractivity (Wildman–Crippen MR) is 110 cm³/mol. The third kappa shape index (κ3) is 5.68. The number of carbonyl (C=O) groups is 1. The van der Waals surface area contributed by atoms with Crippen molar-refractivity contribution in [3.05, 3.63) is 95.3 Å². The first-order valence-electron chi connectivity index (χ1n) is 7.84. The van der Waals surface area contributed by atoms with Crippen LogP contribution in [0.4, 0.5) is 5.69 Å². The highest BCUT2D eigenvalue weighted by Crippen LogP contribution is 2.29. The number of hydrogen-bond donors (Lipinski definition) is 1. The summed E-state index contributed by atoms with van der Waals surface area (Å²) >= 11 is 11.9. The van der Waals surface area contributed by atoms with E-state index in [-0.39, 0.29) is 11.1 Å². The number of pyridine rings is 1. The van der Waals surface area contributed by atoms with E-state index in [0.29, 0.717) is 16.3 Å². The summed E-state index contributed by atoms with van der Waals surface area (Å²) in [5.74, 6) is -0.301. The Morgan fingerprint density at radius 3 is 2.37 bits per heavy atom. The average molecular weight is 396 g/mol. The number of hydrogen-bond acceptors (Lipinski definition) is 3. The molecule has 3 aromatic rings. The van der Waals surface area contributed by atoms with Gasteiger partial charge in [-0.25, -0.2) is 4.98 Å². The highest BCUT2D eigenvalue weighted by molar-refractivity contribution is 6.33. The molecule has 0 atom stereocenters. The van der Waals surface area contributed by atoms with Gasteiger partial charge in [0.1, 0.15) is 5.15 Å². The van der Waals surface area contributed by atoms with E-state index in [1.807, 2.05) is 48.5 Å². The number of allylic oxidation sites excluding steroid dienone is 1. The zero-order valence-corrected chi connectivity index (χ0v) is 15.7. The lowest BCUT2D eigenvalue weighted by atomic mass is 10.0. The number of aromatic nitrogens is 1. The van der Waals surface area contributed by atoms with Crippen LogP contribution in [0.2, 0.25) is 10.2 Å². The molecular formula is C21H15Cl2N3O. The van der Waals surface area contributed by atoms with E-state index in [9.17, 15) is 4.79 Å². The molecule has 0 aliphatic carbocycles. The minimum Gasteiger partial charge on any atom is -0.321 e.